The standard InChI is InChI=1S/C67H44N2/c1-3-18-45(19-4-1)47-34-38-49(39-35-47)52-22-9-14-31-62(52)68(63-32-15-10-23-53(63)50-40-36-48(37-41-50)46-20-5-2-6-21-46)51-42-43-64-57(44-51)56-26-17-30-61-66(56)69(64)65-33-16-13-29-60(65)67(61)58-27-11-7-24-54(58)55-25-8-12-28-59(55)67/h1-44H. The van der Waals surface area contributed by atoms with Crippen molar-refractivity contribution >= 4 is 38.9 Å². The molecule has 0 atom stereocenters. The lowest BCUT2D eigenvalue weighted by atomic mass is 9.65. The summed E-state index contributed by atoms with van der Waals surface area (Å²) < 4.78 is 2.54. The zero-order valence-electron chi connectivity index (χ0n) is 37.8. The van der Waals surface area contributed by atoms with Crippen molar-refractivity contribution in [3.63, 3.8) is 0 Å². The lowest BCUT2D eigenvalue weighted by Crippen LogP contribution is -2.33. The Morgan fingerprint density at radius 1 is 0.290 bits per heavy atom. The maximum atomic E-state index is 2.54. The average Bonchev–Trinajstić information content (AvgIpc) is 3.92. The van der Waals surface area contributed by atoms with Crippen LogP contribution in [0.15, 0.2) is 267 Å². The topological polar surface area (TPSA) is 8.17 Å². The predicted molar refractivity (Wildman–Crippen MR) is 288 cm³/mol. The molecule has 2 aliphatic rings. The minimum atomic E-state index is -0.466. The normalized spacial score (nSPS) is 12.8. The van der Waals surface area contributed by atoms with Crippen LogP contribution in [0.25, 0.3) is 83.1 Å². The number of para-hydroxylation sites is 4. The zero-order valence-corrected chi connectivity index (χ0v) is 37.8. The van der Waals surface area contributed by atoms with Crippen molar-refractivity contribution in [2.75, 3.05) is 4.90 Å². The summed E-state index contributed by atoms with van der Waals surface area (Å²) >= 11 is 0. The average molecular weight is 877 g/mol. The van der Waals surface area contributed by atoms with Crippen molar-refractivity contribution in [2.24, 2.45) is 0 Å². The molecule has 0 radical (unpaired) electrons. The number of hydrogen-bond donors (Lipinski definition) is 0. The maximum Gasteiger partial charge on any atom is 0.0754 e. The summed E-state index contributed by atoms with van der Waals surface area (Å²) in [4.78, 5) is 2.49. The number of rotatable bonds is 7. The fourth-order valence-corrected chi connectivity index (χ4v) is 11.9. The van der Waals surface area contributed by atoms with Crippen LogP contribution in [0.4, 0.5) is 17.1 Å². The smallest absolute Gasteiger partial charge is 0.0754 e. The summed E-state index contributed by atoms with van der Waals surface area (Å²) in [6, 6.07) is 98.5. The van der Waals surface area contributed by atoms with Crippen molar-refractivity contribution in [3.8, 4) is 61.3 Å². The van der Waals surface area contributed by atoms with Crippen LogP contribution in [0.3, 0.4) is 0 Å². The van der Waals surface area contributed by atoms with Crippen LogP contribution in [0.5, 0.6) is 0 Å². The molecule has 0 bridgehead atoms. The van der Waals surface area contributed by atoms with Crippen LogP contribution in [0.1, 0.15) is 22.3 Å². The molecule has 1 aromatic heterocycles. The van der Waals surface area contributed by atoms with E-state index in [1.165, 1.54) is 83.1 Å². The molecule has 0 unspecified atom stereocenters. The molecular formula is C67H44N2. The molecule has 14 rings (SSSR count). The van der Waals surface area contributed by atoms with Gasteiger partial charge >= 0.3 is 0 Å². The third-order valence-corrected chi connectivity index (χ3v) is 14.8. The van der Waals surface area contributed by atoms with Crippen molar-refractivity contribution in [3.05, 3.63) is 289 Å². The van der Waals surface area contributed by atoms with Gasteiger partial charge in [-0.25, -0.2) is 0 Å². The van der Waals surface area contributed by atoms with Gasteiger partial charge in [-0.15, -0.1) is 0 Å². The number of anilines is 3. The van der Waals surface area contributed by atoms with Gasteiger partial charge < -0.3 is 9.47 Å². The lowest BCUT2D eigenvalue weighted by molar-refractivity contribution is 0.748. The molecular weight excluding hydrogens is 833 g/mol. The first-order valence-corrected chi connectivity index (χ1v) is 23.9. The van der Waals surface area contributed by atoms with Gasteiger partial charge in [-0.05, 0) is 103 Å². The molecule has 1 aliphatic carbocycles. The highest BCUT2D eigenvalue weighted by Gasteiger charge is 2.50. The Hall–Kier alpha value is -8.98. The van der Waals surface area contributed by atoms with Gasteiger partial charge in [-0.3, -0.25) is 0 Å². The molecule has 2 nitrogen and oxygen atoms in total. The molecule has 69 heavy (non-hydrogen) atoms. The first-order chi connectivity index (χ1) is 34.3. The molecule has 0 amide bonds. The van der Waals surface area contributed by atoms with E-state index in [-0.39, 0.29) is 0 Å². The quantitative estimate of drug-likeness (QED) is 0.155. The highest BCUT2D eigenvalue weighted by molar-refractivity contribution is 6.14. The molecule has 0 N–H and O–H groups in total. The number of aromatic nitrogens is 1. The van der Waals surface area contributed by atoms with Gasteiger partial charge in [0.1, 0.15) is 0 Å². The van der Waals surface area contributed by atoms with Crippen molar-refractivity contribution in [2.45, 2.75) is 5.41 Å². The minimum absolute atomic E-state index is 0.466. The number of fused-ring (bicyclic) bond motifs is 12. The van der Waals surface area contributed by atoms with E-state index in [0.717, 1.165) is 39.3 Å². The SMILES string of the molecule is c1ccc(-c2ccc(-c3ccccc3N(c3ccc4c(c3)c3cccc5c3n4-c3ccccc3C53c4ccccc4-c4ccccc43)c3ccccc3-c3ccc(-c4ccccc4)cc3)cc2)cc1. The molecule has 2 heteroatoms. The molecule has 0 saturated heterocycles. The maximum absolute atomic E-state index is 2.54. The molecule has 2 heterocycles. The summed E-state index contributed by atoms with van der Waals surface area (Å²) in [7, 11) is 0. The Bertz CT molecular complexity index is 3770. The van der Waals surface area contributed by atoms with Crippen molar-refractivity contribution in [1.29, 1.82) is 0 Å². The van der Waals surface area contributed by atoms with Gasteiger partial charge in [0.25, 0.3) is 0 Å². The highest BCUT2D eigenvalue weighted by atomic mass is 15.1. The van der Waals surface area contributed by atoms with Gasteiger partial charge in [-0.2, -0.15) is 0 Å². The molecule has 0 saturated carbocycles. The van der Waals surface area contributed by atoms with Crippen LogP contribution in [0, 0.1) is 0 Å². The largest absolute Gasteiger partial charge is 0.309 e. The Morgan fingerprint density at radius 2 is 0.725 bits per heavy atom. The number of benzene rings is 11. The van der Waals surface area contributed by atoms with E-state index in [0.29, 0.717) is 0 Å². The lowest BCUT2D eigenvalue weighted by Gasteiger charge is -2.39. The number of hydrogen-bond acceptors (Lipinski definition) is 1. The Labute approximate surface area is 402 Å². The van der Waals surface area contributed by atoms with E-state index in [2.05, 4.69) is 276 Å². The van der Waals surface area contributed by atoms with Crippen LogP contribution in [-0.2, 0) is 5.41 Å². The fourth-order valence-electron chi connectivity index (χ4n) is 11.9. The second-order valence-electron chi connectivity index (χ2n) is 18.4. The van der Waals surface area contributed by atoms with E-state index >= 15 is 0 Å². The molecule has 11 aromatic carbocycles. The van der Waals surface area contributed by atoms with E-state index < -0.39 is 5.41 Å². The second kappa shape index (κ2) is 15.6. The third kappa shape index (κ3) is 5.86. The van der Waals surface area contributed by atoms with E-state index in [1.807, 2.05) is 0 Å². The summed E-state index contributed by atoms with van der Waals surface area (Å²) in [6.45, 7) is 0. The van der Waals surface area contributed by atoms with Gasteiger partial charge in [0.05, 0.1) is 33.5 Å². The Morgan fingerprint density at radius 3 is 1.29 bits per heavy atom. The van der Waals surface area contributed by atoms with Crippen molar-refractivity contribution in [1.82, 2.24) is 4.57 Å². The van der Waals surface area contributed by atoms with Crippen LogP contribution in [-0.4, -0.2) is 4.57 Å². The van der Waals surface area contributed by atoms with E-state index in [4.69, 9.17) is 0 Å². The monoisotopic (exact) mass is 876 g/mol. The first-order valence-electron chi connectivity index (χ1n) is 23.9. The second-order valence-corrected chi connectivity index (χ2v) is 18.4. The Kier molecular flexibility index (Phi) is 8.84. The fraction of sp³-hybridized carbons (Fsp3) is 0.0149. The van der Waals surface area contributed by atoms with Gasteiger partial charge in [0, 0.05) is 27.6 Å². The van der Waals surface area contributed by atoms with Crippen molar-refractivity contribution < 1.29 is 0 Å². The molecule has 0 fully saturated rings. The van der Waals surface area contributed by atoms with Gasteiger partial charge in [0.2, 0.25) is 0 Å². The summed E-state index contributed by atoms with van der Waals surface area (Å²) in [5, 5.41) is 2.46. The van der Waals surface area contributed by atoms with Gasteiger partial charge in [0.15, 0.2) is 0 Å². The van der Waals surface area contributed by atoms with Gasteiger partial charge in [-0.1, -0.05) is 231 Å². The molecule has 322 valence electrons. The van der Waals surface area contributed by atoms with E-state index in [9.17, 15) is 0 Å². The molecule has 1 spiro atoms. The molecule has 1 aliphatic heterocycles. The highest BCUT2D eigenvalue weighted by Crippen LogP contribution is 2.61. The zero-order chi connectivity index (χ0) is 45.5. The third-order valence-electron chi connectivity index (χ3n) is 14.8. The van der Waals surface area contributed by atoms with E-state index in [1.54, 1.807) is 0 Å². The summed E-state index contributed by atoms with van der Waals surface area (Å²) in [6.07, 6.45) is 0. The first kappa shape index (κ1) is 39.2. The summed E-state index contributed by atoms with van der Waals surface area (Å²) in [5.41, 5.74) is 23.9. The van der Waals surface area contributed by atoms with Crippen LogP contribution >= 0.6 is 0 Å². The van der Waals surface area contributed by atoms with Crippen LogP contribution in [0.2, 0.25) is 0 Å². The van der Waals surface area contributed by atoms with Crippen LogP contribution < -0.4 is 4.90 Å². The Balaban J connectivity index is 1.00. The number of nitrogens with zero attached hydrogens (tertiary/aromatic N) is 2. The minimum Gasteiger partial charge on any atom is -0.309 e. The molecule has 12 aromatic rings. The summed E-state index contributed by atoms with van der Waals surface area (Å²) in [5.74, 6) is 0. The predicted octanol–water partition coefficient (Wildman–Crippen LogP) is 17.6.